The fourth-order valence-electron chi connectivity index (χ4n) is 2.72. The smallest absolute Gasteiger partial charge is 0.0396 e. The molecule has 1 fully saturated rings. The summed E-state index contributed by atoms with van der Waals surface area (Å²) < 4.78 is 0. The van der Waals surface area contributed by atoms with Crippen molar-refractivity contribution in [3.63, 3.8) is 0 Å². The van der Waals surface area contributed by atoms with Gasteiger partial charge in [-0.15, -0.1) is 0 Å². The van der Waals surface area contributed by atoms with Gasteiger partial charge in [0, 0.05) is 31.9 Å². The summed E-state index contributed by atoms with van der Waals surface area (Å²) in [5.74, 6) is 0. The van der Waals surface area contributed by atoms with Gasteiger partial charge in [-0.3, -0.25) is 4.90 Å². The number of piperazine rings is 1. The highest BCUT2D eigenvalue weighted by Crippen LogP contribution is 2.20. The molecule has 0 saturated carbocycles. The molecule has 0 radical (unpaired) electrons. The molecule has 1 aliphatic heterocycles. The molecule has 0 atom stereocenters. The van der Waals surface area contributed by atoms with Crippen LogP contribution in [0.3, 0.4) is 0 Å². The number of benzene rings is 1. The zero-order chi connectivity index (χ0) is 12.8. The van der Waals surface area contributed by atoms with Crippen molar-refractivity contribution in [1.29, 1.82) is 0 Å². The van der Waals surface area contributed by atoms with E-state index in [0.717, 1.165) is 0 Å². The molecule has 100 valence electrons. The molecule has 1 saturated heterocycles. The minimum absolute atomic E-state index is 1.18. The molecule has 2 nitrogen and oxygen atoms in total. The zero-order valence-electron chi connectivity index (χ0n) is 11.9. The molecule has 1 aromatic rings. The van der Waals surface area contributed by atoms with Crippen LogP contribution in [0.2, 0.25) is 0 Å². The molecule has 0 aliphatic carbocycles. The van der Waals surface area contributed by atoms with E-state index in [-0.39, 0.29) is 0 Å². The lowest BCUT2D eigenvalue weighted by molar-refractivity contribution is 0.252. The van der Waals surface area contributed by atoms with Crippen LogP contribution in [-0.4, -0.2) is 37.6 Å². The Morgan fingerprint density at radius 3 is 2.39 bits per heavy atom. The lowest BCUT2D eigenvalue weighted by atomic mass is 10.1. The van der Waals surface area contributed by atoms with E-state index in [1.807, 2.05) is 0 Å². The predicted octanol–water partition coefficient (Wildman–Crippen LogP) is 3.31. The van der Waals surface area contributed by atoms with Gasteiger partial charge in [0.15, 0.2) is 0 Å². The Labute approximate surface area is 112 Å². The topological polar surface area (TPSA) is 6.48 Å². The third-order valence-corrected chi connectivity index (χ3v) is 3.91. The fourth-order valence-corrected chi connectivity index (χ4v) is 2.72. The third-order valence-electron chi connectivity index (χ3n) is 3.91. The van der Waals surface area contributed by atoms with E-state index in [2.05, 4.69) is 47.9 Å². The number of hydrogen-bond acceptors (Lipinski definition) is 2. The maximum absolute atomic E-state index is 2.62. The van der Waals surface area contributed by atoms with Crippen molar-refractivity contribution in [2.45, 2.75) is 33.1 Å². The highest BCUT2D eigenvalue weighted by atomic mass is 15.3. The molecule has 1 heterocycles. The number of hydrogen-bond donors (Lipinski definition) is 0. The van der Waals surface area contributed by atoms with Gasteiger partial charge in [-0.05, 0) is 31.5 Å². The zero-order valence-corrected chi connectivity index (χ0v) is 11.9. The molecule has 0 aromatic heterocycles. The van der Waals surface area contributed by atoms with Crippen LogP contribution in [0.5, 0.6) is 0 Å². The van der Waals surface area contributed by atoms with Gasteiger partial charge in [0.1, 0.15) is 0 Å². The van der Waals surface area contributed by atoms with E-state index in [0.29, 0.717) is 0 Å². The molecular formula is C16H26N2. The summed E-state index contributed by atoms with van der Waals surface area (Å²) in [6.07, 6.45) is 4.06. The molecule has 0 spiro atoms. The van der Waals surface area contributed by atoms with Crippen molar-refractivity contribution < 1.29 is 0 Å². The van der Waals surface area contributed by atoms with Gasteiger partial charge < -0.3 is 4.90 Å². The molecule has 1 aromatic carbocycles. The Morgan fingerprint density at radius 2 is 1.72 bits per heavy atom. The van der Waals surface area contributed by atoms with Gasteiger partial charge in [0.2, 0.25) is 0 Å². The highest BCUT2D eigenvalue weighted by molar-refractivity contribution is 5.53. The molecule has 2 rings (SSSR count). The summed E-state index contributed by atoms with van der Waals surface area (Å²) in [6.45, 7) is 10.6. The Hall–Kier alpha value is -1.02. The van der Waals surface area contributed by atoms with Gasteiger partial charge in [0.25, 0.3) is 0 Å². The maximum Gasteiger partial charge on any atom is 0.0396 e. The Kier molecular flexibility index (Phi) is 5.06. The number of rotatable bonds is 5. The SMILES string of the molecule is CCCCCN1CCN(c2ccccc2C)CC1. The molecule has 1 aliphatic rings. The molecule has 0 unspecified atom stereocenters. The van der Waals surface area contributed by atoms with Gasteiger partial charge in [0.05, 0.1) is 0 Å². The van der Waals surface area contributed by atoms with Crippen LogP contribution < -0.4 is 4.90 Å². The van der Waals surface area contributed by atoms with E-state index < -0.39 is 0 Å². The van der Waals surface area contributed by atoms with E-state index in [1.165, 1.54) is 63.2 Å². The number of nitrogens with zero attached hydrogens (tertiary/aromatic N) is 2. The van der Waals surface area contributed by atoms with Crippen LogP contribution in [0.4, 0.5) is 5.69 Å². The average Bonchev–Trinajstić information content (AvgIpc) is 2.41. The first-order chi connectivity index (χ1) is 8.81. The Bertz CT molecular complexity index is 354. The molecule has 2 heteroatoms. The number of unbranched alkanes of at least 4 members (excludes halogenated alkanes) is 2. The van der Waals surface area contributed by atoms with Crippen LogP contribution in [0.25, 0.3) is 0 Å². The first-order valence-corrected chi connectivity index (χ1v) is 7.34. The second-order valence-corrected chi connectivity index (χ2v) is 5.32. The van der Waals surface area contributed by atoms with Crippen molar-refractivity contribution >= 4 is 5.69 Å². The van der Waals surface area contributed by atoms with Gasteiger partial charge in [-0.25, -0.2) is 0 Å². The largest absolute Gasteiger partial charge is 0.369 e. The van der Waals surface area contributed by atoms with Crippen LogP contribution in [0, 0.1) is 6.92 Å². The first kappa shape index (κ1) is 13.4. The Balaban J connectivity index is 1.81. The average molecular weight is 246 g/mol. The highest BCUT2D eigenvalue weighted by Gasteiger charge is 2.17. The number of aryl methyl sites for hydroxylation is 1. The summed E-state index contributed by atoms with van der Waals surface area (Å²) >= 11 is 0. The van der Waals surface area contributed by atoms with E-state index in [1.54, 1.807) is 0 Å². The van der Waals surface area contributed by atoms with E-state index in [9.17, 15) is 0 Å². The van der Waals surface area contributed by atoms with Crippen molar-refractivity contribution in [1.82, 2.24) is 4.90 Å². The quantitative estimate of drug-likeness (QED) is 0.735. The van der Waals surface area contributed by atoms with Crippen molar-refractivity contribution in [2.75, 3.05) is 37.6 Å². The van der Waals surface area contributed by atoms with Gasteiger partial charge in [-0.2, -0.15) is 0 Å². The van der Waals surface area contributed by atoms with Crippen molar-refractivity contribution in [3.8, 4) is 0 Å². The second-order valence-electron chi connectivity index (χ2n) is 5.32. The van der Waals surface area contributed by atoms with Crippen LogP contribution in [0.1, 0.15) is 31.7 Å². The fraction of sp³-hybridized carbons (Fsp3) is 0.625. The molecule has 0 N–H and O–H groups in total. The Morgan fingerprint density at radius 1 is 1.00 bits per heavy atom. The minimum atomic E-state index is 1.18. The van der Waals surface area contributed by atoms with Crippen LogP contribution in [0.15, 0.2) is 24.3 Å². The minimum Gasteiger partial charge on any atom is -0.369 e. The normalized spacial score (nSPS) is 17.1. The number of anilines is 1. The first-order valence-electron chi connectivity index (χ1n) is 7.34. The monoisotopic (exact) mass is 246 g/mol. The summed E-state index contributed by atoms with van der Waals surface area (Å²) in [7, 11) is 0. The standard InChI is InChI=1S/C16H26N2/c1-3-4-7-10-17-11-13-18(14-12-17)16-9-6-5-8-15(16)2/h5-6,8-9H,3-4,7,10-14H2,1-2H3. The molecular weight excluding hydrogens is 220 g/mol. The van der Waals surface area contributed by atoms with Crippen LogP contribution in [-0.2, 0) is 0 Å². The van der Waals surface area contributed by atoms with E-state index in [4.69, 9.17) is 0 Å². The van der Waals surface area contributed by atoms with Crippen molar-refractivity contribution in [2.24, 2.45) is 0 Å². The second kappa shape index (κ2) is 6.79. The molecule has 0 bridgehead atoms. The maximum atomic E-state index is 2.62. The van der Waals surface area contributed by atoms with Gasteiger partial charge >= 0.3 is 0 Å². The lowest BCUT2D eigenvalue weighted by Crippen LogP contribution is -2.46. The summed E-state index contributed by atoms with van der Waals surface area (Å²) in [5.41, 5.74) is 2.82. The summed E-state index contributed by atoms with van der Waals surface area (Å²) in [4.78, 5) is 5.15. The number of para-hydroxylation sites is 1. The third kappa shape index (κ3) is 3.49. The van der Waals surface area contributed by atoms with Gasteiger partial charge in [-0.1, -0.05) is 38.0 Å². The summed E-state index contributed by atoms with van der Waals surface area (Å²) in [5, 5.41) is 0. The predicted molar refractivity (Wildman–Crippen MR) is 79.4 cm³/mol. The summed E-state index contributed by atoms with van der Waals surface area (Å²) in [6, 6.07) is 8.74. The molecule has 0 amide bonds. The lowest BCUT2D eigenvalue weighted by Gasteiger charge is -2.36. The van der Waals surface area contributed by atoms with Crippen LogP contribution >= 0.6 is 0 Å². The van der Waals surface area contributed by atoms with E-state index >= 15 is 0 Å². The van der Waals surface area contributed by atoms with Crippen molar-refractivity contribution in [3.05, 3.63) is 29.8 Å². The molecule has 18 heavy (non-hydrogen) atoms.